The van der Waals surface area contributed by atoms with Crippen molar-refractivity contribution in [1.29, 1.82) is 0 Å². The number of piperidine rings is 1. The van der Waals surface area contributed by atoms with E-state index in [2.05, 4.69) is 15.6 Å². The molecule has 3 heterocycles. The first-order valence-corrected chi connectivity index (χ1v) is 8.63. The van der Waals surface area contributed by atoms with E-state index in [1.165, 1.54) is 0 Å². The summed E-state index contributed by atoms with van der Waals surface area (Å²) in [7, 11) is 0. The zero-order chi connectivity index (χ0) is 17.1. The number of nitrogens with zero attached hydrogens (tertiary/aromatic N) is 2. The number of para-hydroxylation sites is 1. The van der Waals surface area contributed by atoms with Gasteiger partial charge < -0.3 is 10.6 Å². The molecule has 1 amide bonds. The average Bonchev–Trinajstić information content (AvgIpc) is 2.68. The maximum absolute atomic E-state index is 12.9. The standard InChI is InChI=1S/C20H20N4O/c25-20(23-15-7-11-22-12-8-15)17-13-19(14-5-9-21-10-6-14)24-18-4-2-1-3-16(17)18/h1-6,9-10,13,15,22H,7-8,11-12H2,(H,23,25). The van der Waals surface area contributed by atoms with Gasteiger partial charge in [-0.15, -0.1) is 0 Å². The van der Waals surface area contributed by atoms with Crippen LogP contribution in [-0.2, 0) is 0 Å². The van der Waals surface area contributed by atoms with Crippen LogP contribution in [0, 0.1) is 0 Å². The van der Waals surface area contributed by atoms with E-state index in [9.17, 15) is 4.79 Å². The maximum Gasteiger partial charge on any atom is 0.252 e. The molecule has 5 heteroatoms. The smallest absolute Gasteiger partial charge is 0.252 e. The molecule has 5 nitrogen and oxygen atoms in total. The second-order valence-corrected chi connectivity index (χ2v) is 6.31. The number of pyridine rings is 2. The zero-order valence-corrected chi connectivity index (χ0v) is 13.9. The number of carbonyl (C=O) groups excluding carboxylic acids is 1. The SMILES string of the molecule is O=C(NC1CCNCC1)c1cc(-c2ccncc2)nc2ccccc12. The Balaban J connectivity index is 1.74. The van der Waals surface area contributed by atoms with E-state index in [1.807, 2.05) is 42.5 Å². The predicted octanol–water partition coefficient (Wildman–Crippen LogP) is 2.78. The summed E-state index contributed by atoms with van der Waals surface area (Å²) in [5, 5.41) is 7.39. The van der Waals surface area contributed by atoms with Gasteiger partial charge in [-0.1, -0.05) is 18.2 Å². The molecule has 25 heavy (non-hydrogen) atoms. The van der Waals surface area contributed by atoms with Crippen molar-refractivity contribution in [2.45, 2.75) is 18.9 Å². The molecule has 0 spiro atoms. The molecule has 0 saturated carbocycles. The molecule has 1 aliphatic heterocycles. The summed E-state index contributed by atoms with van der Waals surface area (Å²) in [6.45, 7) is 1.90. The Morgan fingerprint density at radius 3 is 2.64 bits per heavy atom. The molecule has 0 atom stereocenters. The fourth-order valence-corrected chi connectivity index (χ4v) is 3.26. The molecule has 1 aromatic carbocycles. The number of hydrogen-bond acceptors (Lipinski definition) is 4. The summed E-state index contributed by atoms with van der Waals surface area (Å²) < 4.78 is 0. The Kier molecular flexibility index (Phi) is 4.39. The lowest BCUT2D eigenvalue weighted by molar-refractivity contribution is 0.0931. The third-order valence-electron chi connectivity index (χ3n) is 4.61. The van der Waals surface area contributed by atoms with Gasteiger partial charge in [-0.2, -0.15) is 0 Å². The highest BCUT2D eigenvalue weighted by Crippen LogP contribution is 2.24. The Morgan fingerprint density at radius 2 is 1.84 bits per heavy atom. The number of nitrogens with one attached hydrogen (secondary N) is 2. The molecule has 0 radical (unpaired) electrons. The fraction of sp³-hybridized carbons (Fsp3) is 0.250. The number of fused-ring (bicyclic) bond motifs is 1. The van der Waals surface area contributed by atoms with Crippen LogP contribution in [0.15, 0.2) is 54.9 Å². The van der Waals surface area contributed by atoms with Gasteiger partial charge in [0.25, 0.3) is 5.91 Å². The first kappa shape index (κ1) is 15.7. The number of carbonyl (C=O) groups is 1. The second-order valence-electron chi connectivity index (χ2n) is 6.31. The number of benzene rings is 1. The van der Waals surface area contributed by atoms with E-state index in [4.69, 9.17) is 4.98 Å². The lowest BCUT2D eigenvalue weighted by atomic mass is 10.0. The van der Waals surface area contributed by atoms with Crippen LogP contribution in [0.3, 0.4) is 0 Å². The Bertz CT molecular complexity index is 889. The largest absolute Gasteiger partial charge is 0.349 e. The number of rotatable bonds is 3. The molecular weight excluding hydrogens is 312 g/mol. The van der Waals surface area contributed by atoms with Crippen LogP contribution < -0.4 is 10.6 Å². The highest BCUT2D eigenvalue weighted by atomic mass is 16.1. The molecule has 2 N–H and O–H groups in total. The fourth-order valence-electron chi connectivity index (χ4n) is 3.26. The molecule has 3 aromatic rings. The van der Waals surface area contributed by atoms with E-state index in [-0.39, 0.29) is 11.9 Å². The molecule has 0 bridgehead atoms. The van der Waals surface area contributed by atoms with Gasteiger partial charge in [-0.3, -0.25) is 9.78 Å². The summed E-state index contributed by atoms with van der Waals surface area (Å²) in [6, 6.07) is 13.7. The quantitative estimate of drug-likeness (QED) is 0.774. The van der Waals surface area contributed by atoms with E-state index < -0.39 is 0 Å². The molecule has 0 aliphatic carbocycles. The van der Waals surface area contributed by atoms with Crippen molar-refractivity contribution in [3.8, 4) is 11.3 Å². The van der Waals surface area contributed by atoms with Crippen LogP contribution in [0.1, 0.15) is 23.2 Å². The minimum absolute atomic E-state index is 0.0270. The van der Waals surface area contributed by atoms with Gasteiger partial charge >= 0.3 is 0 Å². The third kappa shape index (κ3) is 3.37. The Morgan fingerprint density at radius 1 is 1.08 bits per heavy atom. The first-order valence-electron chi connectivity index (χ1n) is 8.63. The lowest BCUT2D eigenvalue weighted by Crippen LogP contribution is -2.42. The van der Waals surface area contributed by atoms with E-state index in [0.717, 1.165) is 48.1 Å². The summed E-state index contributed by atoms with van der Waals surface area (Å²) in [5.74, 6) is -0.0270. The molecule has 4 rings (SSSR count). The summed E-state index contributed by atoms with van der Waals surface area (Å²) >= 11 is 0. The Labute approximate surface area is 146 Å². The van der Waals surface area contributed by atoms with Gasteiger partial charge in [0.15, 0.2) is 0 Å². The topological polar surface area (TPSA) is 66.9 Å². The average molecular weight is 332 g/mol. The third-order valence-corrected chi connectivity index (χ3v) is 4.61. The van der Waals surface area contributed by atoms with Gasteiger partial charge in [0.05, 0.1) is 16.8 Å². The van der Waals surface area contributed by atoms with Crippen LogP contribution in [0.25, 0.3) is 22.2 Å². The first-order chi connectivity index (χ1) is 12.3. The number of amides is 1. The van der Waals surface area contributed by atoms with Gasteiger partial charge in [0, 0.05) is 29.4 Å². The van der Waals surface area contributed by atoms with E-state index in [1.54, 1.807) is 12.4 Å². The summed E-state index contributed by atoms with van der Waals surface area (Å²) in [4.78, 5) is 21.7. The molecular formula is C20H20N4O. The summed E-state index contributed by atoms with van der Waals surface area (Å²) in [5.41, 5.74) is 3.25. The molecule has 1 aliphatic rings. The van der Waals surface area contributed by atoms with Crippen LogP contribution in [0.2, 0.25) is 0 Å². The molecule has 126 valence electrons. The van der Waals surface area contributed by atoms with Crippen LogP contribution in [0.4, 0.5) is 0 Å². The monoisotopic (exact) mass is 332 g/mol. The molecule has 1 saturated heterocycles. The molecule has 0 unspecified atom stereocenters. The van der Waals surface area contributed by atoms with Crippen molar-refractivity contribution in [1.82, 2.24) is 20.6 Å². The highest BCUT2D eigenvalue weighted by Gasteiger charge is 2.19. The highest BCUT2D eigenvalue weighted by molar-refractivity contribution is 6.07. The van der Waals surface area contributed by atoms with Crippen molar-refractivity contribution in [2.75, 3.05) is 13.1 Å². The van der Waals surface area contributed by atoms with Crippen LogP contribution >= 0.6 is 0 Å². The normalized spacial score (nSPS) is 15.2. The maximum atomic E-state index is 12.9. The van der Waals surface area contributed by atoms with E-state index >= 15 is 0 Å². The zero-order valence-electron chi connectivity index (χ0n) is 13.9. The molecule has 1 fully saturated rings. The van der Waals surface area contributed by atoms with Crippen LogP contribution in [0.5, 0.6) is 0 Å². The second kappa shape index (κ2) is 6.99. The van der Waals surface area contributed by atoms with Crippen LogP contribution in [-0.4, -0.2) is 35.0 Å². The van der Waals surface area contributed by atoms with Gasteiger partial charge in [0.1, 0.15) is 0 Å². The van der Waals surface area contributed by atoms with Gasteiger partial charge in [-0.25, -0.2) is 4.98 Å². The predicted molar refractivity (Wildman–Crippen MR) is 98.3 cm³/mol. The number of hydrogen-bond donors (Lipinski definition) is 2. The van der Waals surface area contributed by atoms with E-state index in [0.29, 0.717) is 5.56 Å². The summed E-state index contributed by atoms with van der Waals surface area (Å²) in [6.07, 6.45) is 5.40. The van der Waals surface area contributed by atoms with Crippen molar-refractivity contribution >= 4 is 16.8 Å². The Hall–Kier alpha value is -2.79. The van der Waals surface area contributed by atoms with Gasteiger partial charge in [-0.05, 0) is 50.2 Å². The van der Waals surface area contributed by atoms with Crippen molar-refractivity contribution in [3.63, 3.8) is 0 Å². The lowest BCUT2D eigenvalue weighted by Gasteiger charge is -2.24. The van der Waals surface area contributed by atoms with Crippen molar-refractivity contribution < 1.29 is 4.79 Å². The van der Waals surface area contributed by atoms with Crippen molar-refractivity contribution in [3.05, 3.63) is 60.4 Å². The molecule has 2 aromatic heterocycles. The van der Waals surface area contributed by atoms with Crippen molar-refractivity contribution in [2.24, 2.45) is 0 Å². The minimum Gasteiger partial charge on any atom is -0.349 e. The van der Waals surface area contributed by atoms with Gasteiger partial charge in [0.2, 0.25) is 0 Å². The number of aromatic nitrogens is 2. The minimum atomic E-state index is -0.0270.